The molecule has 3 heteroatoms. The fraction of sp³-hybridized carbons (Fsp3) is 0.900. The van der Waals surface area contributed by atoms with Crippen molar-refractivity contribution in [1.82, 2.24) is 4.90 Å². The summed E-state index contributed by atoms with van der Waals surface area (Å²) in [5, 5.41) is 0. The normalized spacial score (nSPS) is 22.3. The van der Waals surface area contributed by atoms with Crippen LogP contribution in [0.1, 0.15) is 20.3 Å². The van der Waals surface area contributed by atoms with Crippen molar-refractivity contribution in [2.75, 3.05) is 26.8 Å². The van der Waals surface area contributed by atoms with E-state index in [1.54, 1.807) is 0 Å². The molecular formula is C10H19NO2. The SMILES string of the molecule is CC(C)CN(C)C(=O)C1CCOC1. The Morgan fingerprint density at radius 1 is 1.62 bits per heavy atom. The largest absolute Gasteiger partial charge is 0.381 e. The molecule has 0 saturated carbocycles. The third-order valence-corrected chi connectivity index (χ3v) is 2.29. The number of carbonyl (C=O) groups is 1. The number of rotatable bonds is 3. The second kappa shape index (κ2) is 4.61. The standard InChI is InChI=1S/C10H19NO2/c1-8(2)6-11(3)10(12)9-4-5-13-7-9/h8-9H,4-7H2,1-3H3. The van der Waals surface area contributed by atoms with Crippen molar-refractivity contribution in [3.8, 4) is 0 Å². The third kappa shape index (κ3) is 2.99. The molecule has 1 rings (SSSR count). The molecular weight excluding hydrogens is 166 g/mol. The van der Waals surface area contributed by atoms with E-state index in [9.17, 15) is 4.79 Å². The zero-order valence-electron chi connectivity index (χ0n) is 8.75. The minimum absolute atomic E-state index is 0.115. The monoisotopic (exact) mass is 185 g/mol. The lowest BCUT2D eigenvalue weighted by Crippen LogP contribution is -2.35. The Morgan fingerprint density at radius 2 is 2.31 bits per heavy atom. The lowest BCUT2D eigenvalue weighted by atomic mass is 10.1. The molecule has 0 radical (unpaired) electrons. The van der Waals surface area contributed by atoms with E-state index in [0.717, 1.165) is 19.6 Å². The first-order valence-corrected chi connectivity index (χ1v) is 4.94. The molecule has 1 aliphatic heterocycles. The van der Waals surface area contributed by atoms with Crippen LogP contribution < -0.4 is 0 Å². The van der Waals surface area contributed by atoms with Gasteiger partial charge in [0.15, 0.2) is 0 Å². The van der Waals surface area contributed by atoms with E-state index in [1.165, 1.54) is 0 Å². The molecule has 1 atom stereocenters. The highest BCUT2D eigenvalue weighted by Crippen LogP contribution is 2.15. The Labute approximate surface area is 80.1 Å². The zero-order chi connectivity index (χ0) is 9.84. The summed E-state index contributed by atoms with van der Waals surface area (Å²) in [4.78, 5) is 13.6. The third-order valence-electron chi connectivity index (χ3n) is 2.29. The van der Waals surface area contributed by atoms with Crippen molar-refractivity contribution in [3.05, 3.63) is 0 Å². The average molecular weight is 185 g/mol. The Morgan fingerprint density at radius 3 is 2.77 bits per heavy atom. The van der Waals surface area contributed by atoms with Crippen LogP contribution in [0.3, 0.4) is 0 Å². The molecule has 1 amide bonds. The molecule has 0 aromatic carbocycles. The van der Waals surface area contributed by atoms with E-state index in [2.05, 4.69) is 13.8 Å². The van der Waals surface area contributed by atoms with Crippen LogP contribution in [0.15, 0.2) is 0 Å². The van der Waals surface area contributed by atoms with Crippen LogP contribution in [-0.4, -0.2) is 37.6 Å². The summed E-state index contributed by atoms with van der Waals surface area (Å²) in [6, 6.07) is 0. The maximum atomic E-state index is 11.7. The minimum Gasteiger partial charge on any atom is -0.381 e. The van der Waals surface area contributed by atoms with Gasteiger partial charge in [-0.25, -0.2) is 0 Å². The quantitative estimate of drug-likeness (QED) is 0.660. The van der Waals surface area contributed by atoms with Crippen molar-refractivity contribution in [1.29, 1.82) is 0 Å². The first kappa shape index (κ1) is 10.5. The maximum Gasteiger partial charge on any atom is 0.227 e. The second-order valence-electron chi connectivity index (χ2n) is 4.17. The average Bonchev–Trinajstić information content (AvgIpc) is 2.53. The lowest BCUT2D eigenvalue weighted by molar-refractivity contribution is -0.134. The van der Waals surface area contributed by atoms with E-state index in [4.69, 9.17) is 4.74 Å². The highest BCUT2D eigenvalue weighted by atomic mass is 16.5. The van der Waals surface area contributed by atoms with Crippen molar-refractivity contribution in [2.45, 2.75) is 20.3 Å². The number of amides is 1. The fourth-order valence-corrected chi connectivity index (χ4v) is 1.68. The molecule has 1 unspecified atom stereocenters. The van der Waals surface area contributed by atoms with Gasteiger partial charge in [0.2, 0.25) is 5.91 Å². The second-order valence-corrected chi connectivity index (χ2v) is 4.17. The van der Waals surface area contributed by atoms with Gasteiger partial charge >= 0.3 is 0 Å². The van der Waals surface area contributed by atoms with Crippen LogP contribution in [0.5, 0.6) is 0 Å². The predicted octanol–water partition coefficient (Wildman–Crippen LogP) is 1.14. The Bertz CT molecular complexity index is 174. The lowest BCUT2D eigenvalue weighted by Gasteiger charge is -2.21. The summed E-state index contributed by atoms with van der Waals surface area (Å²) in [7, 11) is 1.88. The van der Waals surface area contributed by atoms with E-state index < -0.39 is 0 Å². The molecule has 0 aliphatic carbocycles. The van der Waals surface area contributed by atoms with Crippen molar-refractivity contribution in [3.63, 3.8) is 0 Å². The van der Waals surface area contributed by atoms with Crippen LogP contribution in [-0.2, 0) is 9.53 Å². The van der Waals surface area contributed by atoms with Gasteiger partial charge in [0.05, 0.1) is 12.5 Å². The smallest absolute Gasteiger partial charge is 0.227 e. The van der Waals surface area contributed by atoms with Crippen molar-refractivity contribution >= 4 is 5.91 Å². The Kier molecular flexibility index (Phi) is 3.72. The van der Waals surface area contributed by atoms with Gasteiger partial charge in [-0.2, -0.15) is 0 Å². The first-order chi connectivity index (χ1) is 6.11. The Hall–Kier alpha value is -0.570. The van der Waals surface area contributed by atoms with Crippen molar-refractivity contribution < 1.29 is 9.53 Å². The Balaban J connectivity index is 2.36. The van der Waals surface area contributed by atoms with Gasteiger partial charge in [-0.05, 0) is 12.3 Å². The van der Waals surface area contributed by atoms with Crippen LogP contribution in [0.4, 0.5) is 0 Å². The van der Waals surface area contributed by atoms with Crippen LogP contribution in [0.25, 0.3) is 0 Å². The van der Waals surface area contributed by atoms with Gasteiger partial charge in [-0.15, -0.1) is 0 Å². The summed E-state index contributed by atoms with van der Waals surface area (Å²) in [5.74, 6) is 0.895. The van der Waals surface area contributed by atoms with Crippen molar-refractivity contribution in [2.24, 2.45) is 11.8 Å². The molecule has 1 aliphatic rings. The maximum absolute atomic E-state index is 11.7. The molecule has 0 aromatic rings. The molecule has 0 spiro atoms. The summed E-state index contributed by atoms with van der Waals surface area (Å²) in [5.41, 5.74) is 0. The van der Waals surface area contributed by atoms with Gasteiger partial charge in [-0.3, -0.25) is 4.79 Å². The van der Waals surface area contributed by atoms with Crippen LogP contribution >= 0.6 is 0 Å². The molecule has 3 nitrogen and oxygen atoms in total. The topological polar surface area (TPSA) is 29.5 Å². The molecule has 1 fully saturated rings. The summed E-state index contributed by atoms with van der Waals surface area (Å²) < 4.78 is 5.19. The number of hydrogen-bond acceptors (Lipinski definition) is 2. The number of ether oxygens (including phenoxy) is 1. The number of carbonyl (C=O) groups excluding carboxylic acids is 1. The molecule has 0 bridgehead atoms. The van der Waals surface area contributed by atoms with Gasteiger partial charge in [0.25, 0.3) is 0 Å². The zero-order valence-corrected chi connectivity index (χ0v) is 8.75. The van der Waals surface area contributed by atoms with Gasteiger partial charge in [0.1, 0.15) is 0 Å². The number of hydrogen-bond donors (Lipinski definition) is 0. The summed E-state index contributed by atoms with van der Waals surface area (Å²) in [6.45, 7) is 6.44. The summed E-state index contributed by atoms with van der Waals surface area (Å²) in [6.07, 6.45) is 0.890. The van der Waals surface area contributed by atoms with Gasteiger partial charge < -0.3 is 9.64 Å². The molecule has 0 N–H and O–H groups in total. The molecule has 0 aromatic heterocycles. The van der Waals surface area contributed by atoms with E-state index in [-0.39, 0.29) is 11.8 Å². The summed E-state index contributed by atoms with van der Waals surface area (Å²) >= 11 is 0. The van der Waals surface area contributed by atoms with Crippen LogP contribution in [0.2, 0.25) is 0 Å². The predicted molar refractivity (Wildman–Crippen MR) is 51.4 cm³/mol. The first-order valence-electron chi connectivity index (χ1n) is 4.94. The van der Waals surface area contributed by atoms with E-state index in [1.807, 2.05) is 11.9 Å². The minimum atomic E-state index is 0.115. The van der Waals surface area contributed by atoms with Gasteiger partial charge in [0, 0.05) is 20.2 Å². The molecule has 1 saturated heterocycles. The van der Waals surface area contributed by atoms with E-state index >= 15 is 0 Å². The van der Waals surface area contributed by atoms with E-state index in [0.29, 0.717) is 12.5 Å². The highest BCUT2D eigenvalue weighted by Gasteiger charge is 2.26. The highest BCUT2D eigenvalue weighted by molar-refractivity contribution is 5.78. The molecule has 76 valence electrons. The van der Waals surface area contributed by atoms with Gasteiger partial charge in [-0.1, -0.05) is 13.8 Å². The number of nitrogens with zero attached hydrogens (tertiary/aromatic N) is 1. The molecule has 13 heavy (non-hydrogen) atoms. The fourth-order valence-electron chi connectivity index (χ4n) is 1.68. The van der Waals surface area contributed by atoms with Crippen LogP contribution in [0, 0.1) is 11.8 Å². The molecule has 1 heterocycles.